The lowest BCUT2D eigenvalue weighted by Crippen LogP contribution is -2.30. The van der Waals surface area contributed by atoms with Crippen molar-refractivity contribution in [3.05, 3.63) is 62.9 Å². The summed E-state index contributed by atoms with van der Waals surface area (Å²) in [4.78, 5) is 20.7. The summed E-state index contributed by atoms with van der Waals surface area (Å²) >= 11 is 3.33. The smallest absolute Gasteiger partial charge is 0.309 e. The van der Waals surface area contributed by atoms with Gasteiger partial charge in [0.05, 0.1) is 5.56 Å². The number of amidine groups is 1. The molecule has 2 heterocycles. The Balaban J connectivity index is 0.000000274. The monoisotopic (exact) mass is 665 g/mol. The minimum atomic E-state index is -4.36. The van der Waals surface area contributed by atoms with Crippen LogP contribution in [0, 0.1) is 31.6 Å². The van der Waals surface area contributed by atoms with E-state index >= 15 is 0 Å². The molecule has 0 radical (unpaired) electrons. The number of carbonyl (C=O) groups is 1. The predicted octanol–water partition coefficient (Wildman–Crippen LogP) is 10.6. The molecule has 1 amide bonds. The lowest BCUT2D eigenvalue weighted by atomic mass is 9.77. The van der Waals surface area contributed by atoms with Crippen LogP contribution in [0.5, 0.6) is 0 Å². The van der Waals surface area contributed by atoms with Crippen LogP contribution < -0.4 is 5.32 Å². The second-order valence-corrected chi connectivity index (χ2v) is 13.6. The SMILES string of the molecule is CC(C)CC1N=C(c2ccc(C(F)(F)F)cc2C2CCC2)NC1=O.CC1CC1.CCC(C)CC.Cc1cc(Br)cnc1C. The number of rotatable bonds is 6. The van der Waals surface area contributed by atoms with E-state index in [1.165, 1.54) is 43.4 Å². The third-order valence-corrected chi connectivity index (χ3v) is 8.70. The number of halogens is 4. The fourth-order valence-electron chi connectivity index (χ4n) is 4.27. The maximum Gasteiger partial charge on any atom is 0.416 e. The number of pyridine rings is 1. The van der Waals surface area contributed by atoms with Gasteiger partial charge in [-0.3, -0.25) is 14.8 Å². The highest BCUT2D eigenvalue weighted by Crippen LogP contribution is 2.41. The van der Waals surface area contributed by atoms with Crippen LogP contribution >= 0.6 is 15.9 Å². The number of alkyl halides is 3. The summed E-state index contributed by atoms with van der Waals surface area (Å²) in [7, 11) is 0. The number of hydrogen-bond acceptors (Lipinski definition) is 3. The van der Waals surface area contributed by atoms with Crippen molar-refractivity contribution in [2.24, 2.45) is 22.7 Å². The van der Waals surface area contributed by atoms with Gasteiger partial charge >= 0.3 is 6.18 Å². The van der Waals surface area contributed by atoms with Crippen molar-refractivity contribution in [1.29, 1.82) is 0 Å². The van der Waals surface area contributed by atoms with Crippen molar-refractivity contribution < 1.29 is 18.0 Å². The lowest BCUT2D eigenvalue weighted by molar-refractivity contribution is -0.137. The topological polar surface area (TPSA) is 54.4 Å². The predicted molar refractivity (Wildman–Crippen MR) is 176 cm³/mol. The fraction of sp³-hybridized carbons (Fsp3) is 0.629. The van der Waals surface area contributed by atoms with Crippen LogP contribution in [0.15, 0.2) is 39.9 Å². The van der Waals surface area contributed by atoms with Crippen molar-refractivity contribution in [2.45, 2.75) is 125 Å². The second kappa shape index (κ2) is 17.3. The highest BCUT2D eigenvalue weighted by atomic mass is 79.9. The third kappa shape index (κ3) is 12.7. The Morgan fingerprint density at radius 1 is 1.02 bits per heavy atom. The molecule has 1 aliphatic heterocycles. The van der Waals surface area contributed by atoms with E-state index in [-0.39, 0.29) is 11.8 Å². The summed E-state index contributed by atoms with van der Waals surface area (Å²) in [5.41, 5.74) is 2.96. The van der Waals surface area contributed by atoms with Gasteiger partial charge in [-0.25, -0.2) is 0 Å². The highest BCUT2D eigenvalue weighted by molar-refractivity contribution is 9.10. The molecule has 0 spiro atoms. The molecule has 2 aromatic rings. The van der Waals surface area contributed by atoms with Crippen molar-refractivity contribution in [2.75, 3.05) is 0 Å². The Morgan fingerprint density at radius 3 is 2.02 bits per heavy atom. The first-order valence-corrected chi connectivity index (χ1v) is 16.6. The zero-order valence-corrected chi connectivity index (χ0v) is 28.8. The second-order valence-electron chi connectivity index (χ2n) is 12.7. The Labute approximate surface area is 265 Å². The van der Waals surface area contributed by atoms with E-state index < -0.39 is 17.8 Å². The summed E-state index contributed by atoms with van der Waals surface area (Å²) in [5.74, 6) is 2.71. The number of amides is 1. The van der Waals surface area contributed by atoms with Crippen LogP contribution in [0.4, 0.5) is 13.2 Å². The molecular formula is C35H51BrF3N3O. The summed E-state index contributed by atoms with van der Waals surface area (Å²) in [5, 5.41) is 2.76. The minimum absolute atomic E-state index is 0.117. The number of benzene rings is 1. The van der Waals surface area contributed by atoms with Gasteiger partial charge in [0.2, 0.25) is 5.91 Å². The van der Waals surface area contributed by atoms with Crippen LogP contribution in [0.1, 0.15) is 127 Å². The maximum absolute atomic E-state index is 13.0. The summed E-state index contributed by atoms with van der Waals surface area (Å²) in [6.07, 6.45) is 6.49. The van der Waals surface area contributed by atoms with Crippen molar-refractivity contribution >= 4 is 27.7 Å². The standard InChI is InChI=1S/C18H21F3N2O.C7H8BrN.C6H14.C4H8/c1-10(2)8-15-17(24)23-16(22-15)13-7-6-12(18(19,20)21)9-14(13)11-4-3-5-11;1-5-3-7(8)4-9-6(5)2;1-4-6(3)5-2;1-4-2-3-4/h6-7,9-11,15H,3-5,8H2,1-2H3,(H,22,23,24);3-4H,1-2H3;6H,4-5H2,1-3H3;4H,2-3H2,1H3. The van der Waals surface area contributed by atoms with Crippen molar-refractivity contribution in [1.82, 2.24) is 10.3 Å². The fourth-order valence-corrected chi connectivity index (χ4v) is 4.71. The quantitative estimate of drug-likeness (QED) is 0.334. The summed E-state index contributed by atoms with van der Waals surface area (Å²) < 4.78 is 40.1. The van der Waals surface area contributed by atoms with Gasteiger partial charge in [-0.05, 0) is 102 Å². The van der Waals surface area contributed by atoms with Crippen LogP contribution in [0.3, 0.4) is 0 Å². The van der Waals surface area contributed by atoms with Gasteiger partial charge in [-0.15, -0.1) is 0 Å². The van der Waals surface area contributed by atoms with Crippen molar-refractivity contribution in [3.8, 4) is 0 Å². The number of aromatic nitrogens is 1. The largest absolute Gasteiger partial charge is 0.416 e. The molecule has 1 aromatic heterocycles. The van der Waals surface area contributed by atoms with Gasteiger partial charge in [0.25, 0.3) is 0 Å². The molecule has 1 aromatic carbocycles. The molecular weight excluding hydrogens is 615 g/mol. The molecule has 2 fully saturated rings. The highest BCUT2D eigenvalue weighted by Gasteiger charge is 2.35. The van der Waals surface area contributed by atoms with E-state index in [1.54, 1.807) is 0 Å². The van der Waals surface area contributed by atoms with Crippen LogP contribution in [0.2, 0.25) is 0 Å². The van der Waals surface area contributed by atoms with Gasteiger partial charge in [-0.2, -0.15) is 13.2 Å². The number of nitrogens with zero attached hydrogens (tertiary/aromatic N) is 2. The molecule has 8 heteroatoms. The van der Waals surface area contributed by atoms with Crippen molar-refractivity contribution in [3.63, 3.8) is 0 Å². The minimum Gasteiger partial charge on any atom is -0.309 e. The lowest BCUT2D eigenvalue weighted by Gasteiger charge is -2.28. The Bertz CT molecular complexity index is 1200. The number of aryl methyl sites for hydroxylation is 2. The van der Waals surface area contributed by atoms with E-state index in [1.807, 2.05) is 33.9 Å². The molecule has 2 saturated carbocycles. The zero-order valence-electron chi connectivity index (χ0n) is 27.2. The van der Waals surface area contributed by atoms with Gasteiger partial charge < -0.3 is 5.32 Å². The number of aliphatic imine (C=N–C) groups is 1. The number of carbonyl (C=O) groups excluding carboxylic acids is 1. The zero-order chi connectivity index (χ0) is 32.3. The summed E-state index contributed by atoms with van der Waals surface area (Å²) in [6, 6.07) is 5.36. The van der Waals surface area contributed by atoms with Crippen LogP contribution in [-0.2, 0) is 11.0 Å². The van der Waals surface area contributed by atoms with Gasteiger partial charge in [0, 0.05) is 21.9 Å². The molecule has 43 heavy (non-hydrogen) atoms. The Morgan fingerprint density at radius 2 is 1.63 bits per heavy atom. The van der Waals surface area contributed by atoms with Gasteiger partial charge in [0.15, 0.2) is 0 Å². The van der Waals surface area contributed by atoms with Gasteiger partial charge in [-0.1, -0.05) is 79.7 Å². The Hall–Kier alpha value is -2.22. The molecule has 1 atom stereocenters. The van der Waals surface area contributed by atoms with E-state index in [4.69, 9.17) is 0 Å². The van der Waals surface area contributed by atoms with E-state index in [2.05, 4.69) is 65.0 Å². The average molecular weight is 667 g/mol. The molecule has 1 unspecified atom stereocenters. The molecule has 0 saturated heterocycles. The first-order chi connectivity index (χ1) is 20.2. The number of nitrogens with one attached hydrogen (secondary N) is 1. The molecule has 0 bridgehead atoms. The van der Waals surface area contributed by atoms with Gasteiger partial charge in [0.1, 0.15) is 11.9 Å². The third-order valence-electron chi connectivity index (χ3n) is 8.27. The first-order valence-electron chi connectivity index (χ1n) is 15.8. The van der Waals surface area contributed by atoms with Crippen LogP contribution in [-0.4, -0.2) is 22.8 Å². The maximum atomic E-state index is 13.0. The normalized spacial score (nSPS) is 18.0. The molecule has 2 aliphatic carbocycles. The Kier molecular flexibility index (Phi) is 14.9. The molecule has 3 aliphatic rings. The molecule has 5 rings (SSSR count). The van der Waals surface area contributed by atoms with Crippen LogP contribution in [0.25, 0.3) is 0 Å². The average Bonchev–Trinajstić information content (AvgIpc) is 3.62. The molecule has 1 N–H and O–H groups in total. The first kappa shape index (κ1) is 37.0. The summed E-state index contributed by atoms with van der Waals surface area (Å²) in [6.45, 7) is 17.1. The number of hydrogen-bond donors (Lipinski definition) is 1. The van der Waals surface area contributed by atoms with E-state index in [9.17, 15) is 18.0 Å². The molecule has 4 nitrogen and oxygen atoms in total. The molecule has 240 valence electrons. The van der Waals surface area contributed by atoms with E-state index in [0.717, 1.165) is 47.3 Å². The van der Waals surface area contributed by atoms with E-state index in [0.29, 0.717) is 29.3 Å².